The minimum Gasteiger partial charge on any atom is -0.507 e. The molecule has 0 aliphatic heterocycles. The lowest BCUT2D eigenvalue weighted by atomic mass is 9.88. The van der Waals surface area contributed by atoms with Gasteiger partial charge in [0.25, 0.3) is 0 Å². The van der Waals surface area contributed by atoms with Crippen LogP contribution < -0.4 is 15.4 Å². The molecule has 0 aliphatic rings. The molecular formula is C23H29N3O3. The molecule has 0 spiro atoms. The van der Waals surface area contributed by atoms with Gasteiger partial charge in [-0.25, -0.2) is 4.79 Å². The van der Waals surface area contributed by atoms with Crippen LogP contribution in [0.1, 0.15) is 36.1 Å². The zero-order valence-corrected chi connectivity index (χ0v) is 17.7. The molecule has 0 saturated heterocycles. The number of nitrogens with two attached hydrogens (primary N) is 1. The molecule has 29 heavy (non-hydrogen) atoms. The Morgan fingerprint density at radius 3 is 2.31 bits per heavy atom. The molecule has 154 valence electrons. The van der Waals surface area contributed by atoms with Gasteiger partial charge in [0.15, 0.2) is 0 Å². The molecule has 0 heterocycles. The minimum atomic E-state index is -0.580. The van der Waals surface area contributed by atoms with Crippen molar-refractivity contribution in [1.29, 1.82) is 5.41 Å². The van der Waals surface area contributed by atoms with Crippen molar-refractivity contribution in [3.8, 4) is 22.6 Å². The Morgan fingerprint density at radius 2 is 1.79 bits per heavy atom. The molecule has 2 aromatic rings. The number of esters is 1. The lowest BCUT2D eigenvalue weighted by Crippen LogP contribution is -2.23. The highest BCUT2D eigenvalue weighted by molar-refractivity contribution is 6.04. The topological polar surface area (TPSA) is 99.6 Å². The van der Waals surface area contributed by atoms with Crippen molar-refractivity contribution in [3.63, 3.8) is 0 Å². The van der Waals surface area contributed by atoms with Gasteiger partial charge in [-0.15, -0.1) is 0 Å². The molecule has 0 amide bonds. The Balaban J connectivity index is 2.84. The Kier molecular flexibility index (Phi) is 6.69. The number of aromatic hydroxyl groups is 1. The summed E-state index contributed by atoms with van der Waals surface area (Å²) in [4.78, 5) is 13.9. The third kappa shape index (κ3) is 4.11. The first-order valence-corrected chi connectivity index (χ1v) is 9.58. The van der Waals surface area contributed by atoms with E-state index in [4.69, 9.17) is 15.9 Å². The first kappa shape index (κ1) is 22.0. The molecule has 0 aromatic heterocycles. The SMILES string of the molecule is C=CC(=O)Oc1ccc(C(=N)N)c(-c2c(O)cc(N(CC)CC)c(C)c2C)c1C. The average Bonchev–Trinajstić information content (AvgIpc) is 2.68. The Bertz CT molecular complexity index is 976. The van der Waals surface area contributed by atoms with Gasteiger partial charge in [-0.3, -0.25) is 5.41 Å². The zero-order valence-electron chi connectivity index (χ0n) is 17.7. The fraction of sp³-hybridized carbons (Fsp3) is 0.304. The number of hydrogen-bond acceptors (Lipinski definition) is 5. The number of anilines is 1. The van der Waals surface area contributed by atoms with Gasteiger partial charge >= 0.3 is 5.97 Å². The van der Waals surface area contributed by atoms with Crippen LogP contribution in [0.15, 0.2) is 30.9 Å². The number of nitrogen functional groups attached to an aromatic ring is 1. The summed E-state index contributed by atoms with van der Waals surface area (Å²) in [6.07, 6.45) is 1.09. The molecule has 0 radical (unpaired) electrons. The van der Waals surface area contributed by atoms with E-state index in [-0.39, 0.29) is 11.6 Å². The van der Waals surface area contributed by atoms with Crippen molar-refractivity contribution in [2.24, 2.45) is 5.73 Å². The molecule has 6 heteroatoms. The van der Waals surface area contributed by atoms with Crippen LogP contribution in [0.5, 0.6) is 11.5 Å². The average molecular weight is 396 g/mol. The van der Waals surface area contributed by atoms with Crippen LogP contribution >= 0.6 is 0 Å². The summed E-state index contributed by atoms with van der Waals surface area (Å²) in [5, 5.41) is 19.0. The normalized spacial score (nSPS) is 10.5. The predicted octanol–water partition coefficient (Wildman–Crippen LogP) is 4.21. The number of phenolic OH excluding ortho intramolecular Hbond substituents is 1. The van der Waals surface area contributed by atoms with E-state index in [1.165, 1.54) is 0 Å². The van der Waals surface area contributed by atoms with E-state index in [9.17, 15) is 9.90 Å². The van der Waals surface area contributed by atoms with Gasteiger partial charge in [0, 0.05) is 53.2 Å². The lowest BCUT2D eigenvalue weighted by molar-refractivity contribution is -0.129. The van der Waals surface area contributed by atoms with E-state index in [0.717, 1.165) is 36.0 Å². The Hall–Kier alpha value is -3.28. The lowest BCUT2D eigenvalue weighted by Gasteiger charge is -2.27. The van der Waals surface area contributed by atoms with Crippen molar-refractivity contribution in [3.05, 3.63) is 53.1 Å². The fourth-order valence-corrected chi connectivity index (χ4v) is 3.59. The standard InChI is InChI=1S/C23H29N3O3/c1-7-20(28)29-19-11-10-16(23(24)25)21(15(19)6)22-14(5)13(4)17(12-18(22)27)26(8-2)9-3/h7,10-12,27H,1,8-9H2,2-6H3,(H3,24,25). The molecule has 6 nitrogen and oxygen atoms in total. The van der Waals surface area contributed by atoms with Gasteiger partial charge in [0.2, 0.25) is 0 Å². The van der Waals surface area contributed by atoms with Crippen LogP contribution in [0.2, 0.25) is 0 Å². The number of nitrogens with one attached hydrogen (secondary N) is 1. The molecule has 0 aliphatic carbocycles. The Labute approximate surface area is 172 Å². The third-order valence-electron chi connectivity index (χ3n) is 5.29. The number of nitrogens with zero attached hydrogens (tertiary/aromatic N) is 1. The highest BCUT2D eigenvalue weighted by Gasteiger charge is 2.23. The number of amidine groups is 1. The van der Waals surface area contributed by atoms with E-state index < -0.39 is 5.97 Å². The first-order chi connectivity index (χ1) is 13.7. The summed E-state index contributed by atoms with van der Waals surface area (Å²) >= 11 is 0. The number of rotatable bonds is 7. The summed E-state index contributed by atoms with van der Waals surface area (Å²) in [5.74, 6) is -0.287. The van der Waals surface area contributed by atoms with Crippen LogP contribution in [0, 0.1) is 26.2 Å². The number of ether oxygens (including phenoxy) is 1. The Morgan fingerprint density at radius 1 is 1.17 bits per heavy atom. The number of carbonyl (C=O) groups is 1. The zero-order chi connectivity index (χ0) is 21.9. The van der Waals surface area contributed by atoms with Gasteiger partial charge in [-0.2, -0.15) is 0 Å². The van der Waals surface area contributed by atoms with Gasteiger partial charge in [-0.1, -0.05) is 6.58 Å². The van der Waals surface area contributed by atoms with Crippen LogP contribution in [0.4, 0.5) is 5.69 Å². The van der Waals surface area contributed by atoms with Gasteiger partial charge in [0.1, 0.15) is 17.3 Å². The first-order valence-electron chi connectivity index (χ1n) is 9.58. The van der Waals surface area contributed by atoms with Crippen LogP contribution in [0.3, 0.4) is 0 Å². The summed E-state index contributed by atoms with van der Waals surface area (Å²) in [7, 11) is 0. The van der Waals surface area contributed by atoms with Crippen molar-refractivity contribution >= 4 is 17.5 Å². The second kappa shape index (κ2) is 8.82. The van der Waals surface area contributed by atoms with E-state index >= 15 is 0 Å². The summed E-state index contributed by atoms with van der Waals surface area (Å²) < 4.78 is 5.34. The van der Waals surface area contributed by atoms with Crippen LogP contribution in [0.25, 0.3) is 11.1 Å². The highest BCUT2D eigenvalue weighted by atomic mass is 16.5. The smallest absolute Gasteiger partial charge is 0.335 e. The van der Waals surface area contributed by atoms with Crippen molar-refractivity contribution in [1.82, 2.24) is 0 Å². The molecule has 2 aromatic carbocycles. The maximum atomic E-state index is 11.7. The fourth-order valence-electron chi connectivity index (χ4n) is 3.59. The van der Waals surface area contributed by atoms with Gasteiger partial charge < -0.3 is 20.5 Å². The van der Waals surface area contributed by atoms with Crippen molar-refractivity contribution in [2.75, 3.05) is 18.0 Å². The van der Waals surface area contributed by atoms with E-state index in [0.29, 0.717) is 28.0 Å². The van der Waals surface area contributed by atoms with Gasteiger partial charge in [0.05, 0.1) is 0 Å². The molecule has 0 bridgehead atoms. The largest absolute Gasteiger partial charge is 0.507 e. The van der Waals surface area contributed by atoms with E-state index in [2.05, 4.69) is 25.3 Å². The predicted molar refractivity (Wildman–Crippen MR) is 118 cm³/mol. The van der Waals surface area contributed by atoms with Crippen molar-refractivity contribution in [2.45, 2.75) is 34.6 Å². The quantitative estimate of drug-likeness (QED) is 0.214. The minimum absolute atomic E-state index is 0.0906. The molecule has 0 fully saturated rings. The molecule has 4 N–H and O–H groups in total. The molecular weight excluding hydrogens is 366 g/mol. The monoisotopic (exact) mass is 395 g/mol. The second-order valence-corrected chi connectivity index (χ2v) is 6.86. The number of benzene rings is 2. The van der Waals surface area contributed by atoms with Crippen molar-refractivity contribution < 1.29 is 14.6 Å². The summed E-state index contributed by atoms with van der Waals surface area (Å²) in [6.45, 7) is 14.9. The molecule has 0 unspecified atom stereocenters. The number of carbonyl (C=O) groups excluding carboxylic acids is 1. The van der Waals surface area contributed by atoms with Crippen LogP contribution in [-0.2, 0) is 4.79 Å². The third-order valence-corrected chi connectivity index (χ3v) is 5.29. The van der Waals surface area contributed by atoms with E-state index in [1.54, 1.807) is 25.1 Å². The van der Waals surface area contributed by atoms with E-state index in [1.807, 2.05) is 13.8 Å². The summed E-state index contributed by atoms with van der Waals surface area (Å²) in [6, 6.07) is 4.97. The summed E-state index contributed by atoms with van der Waals surface area (Å²) in [5.41, 5.74) is 10.9. The maximum Gasteiger partial charge on any atom is 0.335 e. The number of phenols is 1. The van der Waals surface area contributed by atoms with Crippen LogP contribution in [-0.4, -0.2) is 30.0 Å². The molecule has 0 saturated carbocycles. The van der Waals surface area contributed by atoms with Gasteiger partial charge in [-0.05, 0) is 57.9 Å². The highest BCUT2D eigenvalue weighted by Crippen LogP contribution is 2.44. The number of hydrogen-bond donors (Lipinski definition) is 3. The molecule has 0 atom stereocenters. The second-order valence-electron chi connectivity index (χ2n) is 6.86. The maximum absolute atomic E-state index is 11.7. The molecule has 2 rings (SSSR count).